The number of guanidine groups is 1. The smallest absolute Gasteiger partial charge is 0.239 e. The lowest BCUT2D eigenvalue weighted by Gasteiger charge is -2.27. The van der Waals surface area contributed by atoms with Crippen LogP contribution in [-0.4, -0.2) is 56.7 Å². The standard InChI is InChI=1S/C21H29N5O3/c1-22-21(25-15-20(27)23-14-19-7-4-10-29-19)24-13-17-5-2-3-6-18(17)16-26-8-11-28-12-9-26/h2-7,10H,8-9,11-16H2,1H3,(H,23,27)(H2,22,24,25). The number of furan rings is 1. The van der Waals surface area contributed by atoms with E-state index in [4.69, 9.17) is 9.15 Å². The number of nitrogens with one attached hydrogen (secondary N) is 3. The van der Waals surface area contributed by atoms with Gasteiger partial charge in [0.05, 0.1) is 32.6 Å². The number of carbonyl (C=O) groups excluding carboxylic acids is 1. The number of rotatable bonds is 8. The SMILES string of the molecule is CN=C(NCC(=O)NCc1ccco1)NCc1ccccc1CN1CCOCC1. The van der Waals surface area contributed by atoms with Crippen LogP contribution in [0.25, 0.3) is 0 Å². The van der Waals surface area contributed by atoms with Crippen molar-refractivity contribution >= 4 is 11.9 Å². The maximum Gasteiger partial charge on any atom is 0.239 e. The van der Waals surface area contributed by atoms with Gasteiger partial charge in [-0.3, -0.25) is 14.7 Å². The third-order valence-electron chi connectivity index (χ3n) is 4.74. The minimum atomic E-state index is -0.128. The van der Waals surface area contributed by atoms with Crippen LogP contribution in [0.15, 0.2) is 52.1 Å². The Labute approximate surface area is 171 Å². The van der Waals surface area contributed by atoms with E-state index in [9.17, 15) is 4.79 Å². The molecule has 1 aromatic carbocycles. The van der Waals surface area contributed by atoms with Crippen LogP contribution in [0.3, 0.4) is 0 Å². The van der Waals surface area contributed by atoms with Crippen LogP contribution >= 0.6 is 0 Å². The van der Waals surface area contributed by atoms with Crippen molar-refractivity contribution < 1.29 is 13.9 Å². The molecule has 1 aromatic heterocycles. The average molecular weight is 399 g/mol. The Morgan fingerprint density at radius 2 is 1.83 bits per heavy atom. The average Bonchev–Trinajstić information content (AvgIpc) is 3.28. The van der Waals surface area contributed by atoms with Gasteiger partial charge in [-0.15, -0.1) is 0 Å². The lowest BCUT2D eigenvalue weighted by atomic mass is 10.1. The van der Waals surface area contributed by atoms with E-state index in [1.807, 2.05) is 12.1 Å². The summed E-state index contributed by atoms with van der Waals surface area (Å²) >= 11 is 0. The first-order valence-electron chi connectivity index (χ1n) is 9.85. The van der Waals surface area contributed by atoms with Gasteiger partial charge in [0.2, 0.25) is 5.91 Å². The fourth-order valence-corrected chi connectivity index (χ4v) is 3.11. The van der Waals surface area contributed by atoms with Gasteiger partial charge < -0.3 is 25.1 Å². The Bertz CT molecular complexity index is 785. The summed E-state index contributed by atoms with van der Waals surface area (Å²) in [4.78, 5) is 18.6. The van der Waals surface area contributed by atoms with Crippen molar-refractivity contribution in [2.45, 2.75) is 19.6 Å². The third kappa shape index (κ3) is 6.92. The lowest BCUT2D eigenvalue weighted by Crippen LogP contribution is -2.43. The topological polar surface area (TPSA) is 91.1 Å². The molecule has 1 amide bonds. The molecule has 1 aliphatic heterocycles. The van der Waals surface area contributed by atoms with Crippen LogP contribution in [0.1, 0.15) is 16.9 Å². The summed E-state index contributed by atoms with van der Waals surface area (Å²) in [5, 5.41) is 9.12. The molecule has 0 radical (unpaired) electrons. The van der Waals surface area contributed by atoms with Gasteiger partial charge >= 0.3 is 0 Å². The zero-order valence-corrected chi connectivity index (χ0v) is 16.8. The highest BCUT2D eigenvalue weighted by Crippen LogP contribution is 2.13. The van der Waals surface area contributed by atoms with Crippen molar-refractivity contribution in [2.75, 3.05) is 39.9 Å². The quantitative estimate of drug-likeness (QED) is 0.455. The second-order valence-electron chi connectivity index (χ2n) is 6.79. The Balaban J connectivity index is 1.44. The van der Waals surface area contributed by atoms with Crippen molar-refractivity contribution in [3.8, 4) is 0 Å². The molecule has 0 aliphatic carbocycles. The van der Waals surface area contributed by atoms with Crippen LogP contribution in [0.2, 0.25) is 0 Å². The molecule has 1 aliphatic rings. The van der Waals surface area contributed by atoms with E-state index in [0.717, 1.165) is 38.6 Å². The first-order chi connectivity index (χ1) is 14.2. The normalized spacial score (nSPS) is 15.1. The van der Waals surface area contributed by atoms with Gasteiger partial charge in [0, 0.05) is 33.2 Å². The fraction of sp³-hybridized carbons (Fsp3) is 0.429. The van der Waals surface area contributed by atoms with Gasteiger partial charge in [-0.1, -0.05) is 24.3 Å². The van der Waals surface area contributed by atoms with E-state index in [-0.39, 0.29) is 12.5 Å². The maximum absolute atomic E-state index is 12.0. The highest BCUT2D eigenvalue weighted by Gasteiger charge is 2.13. The Hall–Kier alpha value is -2.84. The predicted molar refractivity (Wildman–Crippen MR) is 111 cm³/mol. The Kier molecular flexibility index (Phi) is 8.09. The van der Waals surface area contributed by atoms with Gasteiger partial charge in [0.25, 0.3) is 0 Å². The van der Waals surface area contributed by atoms with Crippen LogP contribution < -0.4 is 16.0 Å². The Morgan fingerprint density at radius 3 is 2.55 bits per heavy atom. The van der Waals surface area contributed by atoms with Gasteiger partial charge in [-0.05, 0) is 23.3 Å². The highest BCUT2D eigenvalue weighted by molar-refractivity contribution is 5.86. The summed E-state index contributed by atoms with van der Waals surface area (Å²) in [5.74, 6) is 1.18. The van der Waals surface area contributed by atoms with E-state index in [1.54, 1.807) is 19.4 Å². The minimum absolute atomic E-state index is 0.128. The third-order valence-corrected chi connectivity index (χ3v) is 4.74. The molecular formula is C21H29N5O3. The van der Waals surface area contributed by atoms with Gasteiger partial charge in [-0.2, -0.15) is 0 Å². The van der Waals surface area contributed by atoms with Gasteiger partial charge in [0.15, 0.2) is 5.96 Å². The van der Waals surface area contributed by atoms with Crippen LogP contribution in [0, 0.1) is 0 Å². The van der Waals surface area contributed by atoms with Crippen molar-refractivity contribution in [3.63, 3.8) is 0 Å². The molecule has 1 saturated heterocycles. The fourth-order valence-electron chi connectivity index (χ4n) is 3.11. The van der Waals surface area contributed by atoms with Crippen LogP contribution in [-0.2, 0) is 29.2 Å². The summed E-state index contributed by atoms with van der Waals surface area (Å²) in [6.07, 6.45) is 1.59. The predicted octanol–water partition coefficient (Wildman–Crippen LogP) is 1.09. The summed E-state index contributed by atoms with van der Waals surface area (Å²) < 4.78 is 10.6. The number of carbonyl (C=O) groups is 1. The maximum atomic E-state index is 12.0. The zero-order valence-electron chi connectivity index (χ0n) is 16.8. The molecule has 29 heavy (non-hydrogen) atoms. The molecule has 0 spiro atoms. The molecule has 2 heterocycles. The van der Waals surface area contributed by atoms with E-state index in [2.05, 4.69) is 44.0 Å². The molecule has 3 N–H and O–H groups in total. The number of ether oxygens (including phenoxy) is 1. The molecule has 0 saturated carbocycles. The number of hydrogen-bond donors (Lipinski definition) is 3. The van der Waals surface area contributed by atoms with Crippen molar-refractivity contribution in [1.82, 2.24) is 20.9 Å². The summed E-state index contributed by atoms with van der Waals surface area (Å²) in [7, 11) is 1.69. The number of hydrogen-bond acceptors (Lipinski definition) is 5. The largest absolute Gasteiger partial charge is 0.467 e. The molecule has 2 aromatic rings. The first-order valence-corrected chi connectivity index (χ1v) is 9.85. The van der Waals surface area contributed by atoms with Gasteiger partial charge in [-0.25, -0.2) is 0 Å². The summed E-state index contributed by atoms with van der Waals surface area (Å²) in [6.45, 7) is 5.54. The van der Waals surface area contributed by atoms with Crippen molar-refractivity contribution in [2.24, 2.45) is 4.99 Å². The second-order valence-corrected chi connectivity index (χ2v) is 6.79. The second kappa shape index (κ2) is 11.2. The number of morpholine rings is 1. The molecule has 0 unspecified atom stereocenters. The monoisotopic (exact) mass is 399 g/mol. The highest BCUT2D eigenvalue weighted by atomic mass is 16.5. The summed E-state index contributed by atoms with van der Waals surface area (Å²) in [5.41, 5.74) is 2.50. The molecular weight excluding hydrogens is 370 g/mol. The number of aliphatic imine (C=N–C) groups is 1. The molecule has 8 heteroatoms. The van der Waals surface area contributed by atoms with Crippen LogP contribution in [0.4, 0.5) is 0 Å². The number of nitrogens with zero attached hydrogens (tertiary/aromatic N) is 2. The molecule has 8 nitrogen and oxygen atoms in total. The first kappa shape index (κ1) is 20.9. The van der Waals surface area contributed by atoms with E-state index in [0.29, 0.717) is 19.0 Å². The van der Waals surface area contributed by atoms with Gasteiger partial charge in [0.1, 0.15) is 5.76 Å². The molecule has 156 valence electrons. The molecule has 3 rings (SSSR count). The lowest BCUT2D eigenvalue weighted by molar-refractivity contribution is -0.120. The van der Waals surface area contributed by atoms with Crippen molar-refractivity contribution in [1.29, 1.82) is 0 Å². The molecule has 0 atom stereocenters. The van der Waals surface area contributed by atoms with E-state index >= 15 is 0 Å². The molecule has 0 bridgehead atoms. The number of benzene rings is 1. The van der Waals surface area contributed by atoms with E-state index in [1.165, 1.54) is 11.1 Å². The van der Waals surface area contributed by atoms with Crippen LogP contribution in [0.5, 0.6) is 0 Å². The minimum Gasteiger partial charge on any atom is -0.467 e. The molecule has 1 fully saturated rings. The van der Waals surface area contributed by atoms with Crippen molar-refractivity contribution in [3.05, 3.63) is 59.5 Å². The Morgan fingerprint density at radius 1 is 1.03 bits per heavy atom. The zero-order chi connectivity index (χ0) is 20.3. The number of amides is 1. The summed E-state index contributed by atoms with van der Waals surface area (Å²) in [6, 6.07) is 12.0. The van der Waals surface area contributed by atoms with E-state index < -0.39 is 0 Å².